The van der Waals surface area contributed by atoms with Crippen molar-refractivity contribution in [2.45, 2.75) is 63.3 Å². The van der Waals surface area contributed by atoms with Gasteiger partial charge in [-0.1, -0.05) is 6.07 Å². The standard InChI is InChI=1S/C23H30N4O2S2/c28-20(14-17-7-5-13-30-17)24-23-25-21-18(8-3-9-19(21)31-23)22(29)27-12-4-6-16(27)15-26-10-1-2-11-26/h5,7,13,16,18H,1-4,6,8-12,14-15H2,(H,24,25,28). The van der Waals surface area contributed by atoms with Crippen LogP contribution in [0.5, 0.6) is 0 Å². The second-order valence-electron chi connectivity index (χ2n) is 8.91. The highest BCUT2D eigenvalue weighted by atomic mass is 32.1. The molecule has 31 heavy (non-hydrogen) atoms. The molecule has 2 aromatic heterocycles. The number of hydrogen-bond acceptors (Lipinski definition) is 6. The molecule has 1 N–H and O–H groups in total. The number of hydrogen-bond donors (Lipinski definition) is 1. The fourth-order valence-corrected chi connectivity index (χ4v) is 7.01. The van der Waals surface area contributed by atoms with Crippen molar-refractivity contribution in [1.29, 1.82) is 0 Å². The summed E-state index contributed by atoms with van der Waals surface area (Å²) in [6, 6.07) is 4.28. The van der Waals surface area contributed by atoms with Crippen molar-refractivity contribution in [2.24, 2.45) is 0 Å². The first-order chi connectivity index (χ1) is 15.2. The number of likely N-dealkylation sites (tertiary alicyclic amines) is 2. The zero-order chi connectivity index (χ0) is 21.2. The minimum absolute atomic E-state index is 0.0401. The number of nitrogens with zero attached hydrogens (tertiary/aromatic N) is 3. The second-order valence-corrected chi connectivity index (χ2v) is 11.0. The number of anilines is 1. The van der Waals surface area contributed by atoms with Crippen molar-refractivity contribution in [1.82, 2.24) is 14.8 Å². The summed E-state index contributed by atoms with van der Waals surface area (Å²) in [7, 11) is 0. The molecule has 0 aromatic carbocycles. The van der Waals surface area contributed by atoms with E-state index in [1.807, 2.05) is 17.5 Å². The van der Waals surface area contributed by atoms with Gasteiger partial charge >= 0.3 is 0 Å². The number of amides is 2. The summed E-state index contributed by atoms with van der Waals surface area (Å²) in [6.45, 7) is 4.24. The molecule has 0 radical (unpaired) electrons. The lowest BCUT2D eigenvalue weighted by Gasteiger charge is -2.32. The lowest BCUT2D eigenvalue weighted by molar-refractivity contribution is -0.134. The van der Waals surface area contributed by atoms with Crippen molar-refractivity contribution >= 4 is 39.6 Å². The number of aryl methyl sites for hydroxylation is 1. The Hall–Kier alpha value is -1.77. The molecule has 166 valence electrons. The summed E-state index contributed by atoms with van der Waals surface area (Å²) >= 11 is 3.14. The number of nitrogens with one attached hydrogen (secondary N) is 1. The van der Waals surface area contributed by atoms with Crippen LogP contribution in [0, 0.1) is 0 Å². The molecule has 3 aliphatic rings. The Kier molecular flexibility index (Phi) is 6.39. The van der Waals surface area contributed by atoms with Gasteiger partial charge in [-0.25, -0.2) is 4.98 Å². The Bertz CT molecular complexity index is 920. The van der Waals surface area contributed by atoms with Gasteiger partial charge in [-0.05, 0) is 69.5 Å². The van der Waals surface area contributed by atoms with Gasteiger partial charge in [0.1, 0.15) is 0 Å². The van der Waals surface area contributed by atoms with Crippen molar-refractivity contribution in [3.05, 3.63) is 33.0 Å². The molecule has 2 saturated heterocycles. The van der Waals surface area contributed by atoms with Crippen molar-refractivity contribution in [3.63, 3.8) is 0 Å². The molecule has 6 nitrogen and oxygen atoms in total. The van der Waals surface area contributed by atoms with Crippen LogP contribution in [0.25, 0.3) is 0 Å². The summed E-state index contributed by atoms with van der Waals surface area (Å²) in [4.78, 5) is 37.6. The molecular weight excluding hydrogens is 428 g/mol. The van der Waals surface area contributed by atoms with Crippen molar-refractivity contribution in [3.8, 4) is 0 Å². The van der Waals surface area contributed by atoms with E-state index in [9.17, 15) is 9.59 Å². The molecule has 0 bridgehead atoms. The van der Waals surface area contributed by atoms with E-state index in [0.29, 0.717) is 17.6 Å². The number of aromatic nitrogens is 1. The van der Waals surface area contributed by atoms with Crippen LogP contribution in [0.1, 0.15) is 59.9 Å². The Morgan fingerprint density at radius 1 is 1.13 bits per heavy atom. The van der Waals surface area contributed by atoms with E-state index < -0.39 is 0 Å². The molecule has 0 saturated carbocycles. The molecule has 2 unspecified atom stereocenters. The average Bonchev–Trinajstić information content (AvgIpc) is 3.55. The third-order valence-electron chi connectivity index (χ3n) is 6.74. The monoisotopic (exact) mass is 458 g/mol. The van der Waals surface area contributed by atoms with Crippen LogP contribution in [0.15, 0.2) is 17.5 Å². The van der Waals surface area contributed by atoms with Gasteiger partial charge in [-0.15, -0.1) is 22.7 Å². The number of thiophene rings is 1. The number of thiazole rings is 1. The fraction of sp³-hybridized carbons (Fsp3) is 0.609. The van der Waals surface area contributed by atoms with Gasteiger partial charge in [-0.3, -0.25) is 9.59 Å². The van der Waals surface area contributed by atoms with Gasteiger partial charge in [0, 0.05) is 28.9 Å². The van der Waals surface area contributed by atoms with Gasteiger partial charge in [0.25, 0.3) is 0 Å². The minimum atomic E-state index is -0.151. The van der Waals surface area contributed by atoms with Crippen molar-refractivity contribution in [2.75, 3.05) is 31.5 Å². The summed E-state index contributed by atoms with van der Waals surface area (Å²) in [5.74, 6) is 0.0631. The average molecular weight is 459 g/mol. The largest absolute Gasteiger partial charge is 0.338 e. The Morgan fingerprint density at radius 2 is 2.00 bits per heavy atom. The van der Waals surface area contributed by atoms with Gasteiger partial charge in [0.15, 0.2) is 5.13 Å². The van der Waals surface area contributed by atoms with Crippen LogP contribution in [0.3, 0.4) is 0 Å². The zero-order valence-electron chi connectivity index (χ0n) is 17.8. The molecule has 8 heteroatoms. The van der Waals surface area contributed by atoms with E-state index in [-0.39, 0.29) is 17.7 Å². The first-order valence-electron chi connectivity index (χ1n) is 11.5. The van der Waals surface area contributed by atoms with Gasteiger partial charge in [0.05, 0.1) is 18.0 Å². The van der Waals surface area contributed by atoms with E-state index in [2.05, 4.69) is 15.1 Å². The molecule has 2 atom stereocenters. The maximum Gasteiger partial charge on any atom is 0.232 e. The number of fused-ring (bicyclic) bond motifs is 1. The summed E-state index contributed by atoms with van der Waals surface area (Å²) in [5.41, 5.74) is 0.916. The predicted octanol–water partition coefficient (Wildman–Crippen LogP) is 3.89. The maximum absolute atomic E-state index is 13.6. The lowest BCUT2D eigenvalue weighted by Crippen LogP contribution is -2.45. The summed E-state index contributed by atoms with van der Waals surface area (Å²) in [5, 5.41) is 5.59. The summed E-state index contributed by atoms with van der Waals surface area (Å²) in [6.07, 6.45) is 7.99. The topological polar surface area (TPSA) is 65.5 Å². The van der Waals surface area contributed by atoms with Gasteiger partial charge in [-0.2, -0.15) is 0 Å². The maximum atomic E-state index is 13.6. The fourth-order valence-electron chi connectivity index (χ4n) is 5.23. The predicted molar refractivity (Wildman–Crippen MR) is 125 cm³/mol. The first-order valence-corrected chi connectivity index (χ1v) is 13.2. The highest BCUT2D eigenvalue weighted by Gasteiger charge is 2.38. The second kappa shape index (κ2) is 9.38. The molecular formula is C23H30N4O2S2. The molecule has 0 spiro atoms. The van der Waals surface area contributed by atoms with Crippen LogP contribution < -0.4 is 5.32 Å². The highest BCUT2D eigenvalue weighted by Crippen LogP contribution is 2.39. The van der Waals surface area contributed by atoms with Crippen LogP contribution in [-0.4, -0.2) is 58.8 Å². The van der Waals surface area contributed by atoms with Crippen LogP contribution in [0.2, 0.25) is 0 Å². The molecule has 2 aromatic rings. The van der Waals surface area contributed by atoms with Crippen LogP contribution >= 0.6 is 22.7 Å². The molecule has 4 heterocycles. The van der Waals surface area contributed by atoms with E-state index in [0.717, 1.165) is 55.8 Å². The summed E-state index contributed by atoms with van der Waals surface area (Å²) < 4.78 is 0. The van der Waals surface area contributed by atoms with Crippen molar-refractivity contribution < 1.29 is 9.59 Å². The molecule has 2 aliphatic heterocycles. The molecule has 2 fully saturated rings. The number of carbonyl (C=O) groups excluding carboxylic acids is 2. The smallest absolute Gasteiger partial charge is 0.232 e. The Morgan fingerprint density at radius 3 is 2.81 bits per heavy atom. The number of rotatable bonds is 6. The molecule has 2 amide bonds. The molecule has 1 aliphatic carbocycles. The Labute approximate surface area is 191 Å². The van der Waals surface area contributed by atoms with Crippen LogP contribution in [0.4, 0.5) is 5.13 Å². The van der Waals surface area contributed by atoms with E-state index in [1.54, 1.807) is 22.7 Å². The van der Waals surface area contributed by atoms with E-state index in [1.165, 1.54) is 30.8 Å². The zero-order valence-corrected chi connectivity index (χ0v) is 19.5. The van der Waals surface area contributed by atoms with E-state index in [4.69, 9.17) is 4.98 Å². The highest BCUT2D eigenvalue weighted by molar-refractivity contribution is 7.16. The third kappa shape index (κ3) is 4.71. The lowest BCUT2D eigenvalue weighted by atomic mass is 9.89. The number of carbonyl (C=O) groups is 2. The minimum Gasteiger partial charge on any atom is -0.338 e. The van der Waals surface area contributed by atoms with Gasteiger partial charge in [0.2, 0.25) is 11.8 Å². The Balaban J connectivity index is 1.27. The SMILES string of the molecule is O=C(Cc1cccs1)Nc1nc2c(s1)CCCC2C(=O)N1CCCC1CN1CCCC1. The van der Waals surface area contributed by atoms with Gasteiger partial charge < -0.3 is 15.1 Å². The molecule has 5 rings (SSSR count). The third-order valence-corrected chi connectivity index (χ3v) is 8.66. The quantitative estimate of drug-likeness (QED) is 0.713. The van der Waals surface area contributed by atoms with E-state index >= 15 is 0 Å². The first kappa shape index (κ1) is 21.1. The normalized spacial score (nSPS) is 23.8. The van der Waals surface area contributed by atoms with Crippen LogP contribution in [-0.2, 0) is 22.4 Å².